The molecule has 1 aromatic heterocycles. The van der Waals surface area contributed by atoms with Crippen molar-refractivity contribution in [2.45, 2.75) is 0 Å². The van der Waals surface area contributed by atoms with Crippen LogP contribution < -0.4 is 4.90 Å². The Hall–Kier alpha value is -7.42. The van der Waals surface area contributed by atoms with Crippen LogP contribution in [0.4, 0.5) is 17.1 Å². The van der Waals surface area contributed by atoms with Crippen molar-refractivity contribution in [3.05, 3.63) is 218 Å². The molecule has 2 nitrogen and oxygen atoms in total. The first-order valence-corrected chi connectivity index (χ1v) is 19.3. The molecule has 0 saturated carbocycles. The standard InChI is InChI=1S/C54H36N2/c1-3-13-37(14-4-1)40-25-29-47(30-26-40)55(48-31-27-39-16-8-10-18-42(39)34-48)52-36-45-19-11-12-22-49(45)54-53(52)50-35-44(43-24-23-38-15-7-9-17-41(38)33-43)28-32-51(50)56(54)46-20-5-2-6-21-46/h1-36H. The molecule has 0 radical (unpaired) electrons. The van der Waals surface area contributed by atoms with Crippen LogP contribution in [-0.2, 0) is 0 Å². The Morgan fingerprint density at radius 2 is 0.857 bits per heavy atom. The van der Waals surface area contributed by atoms with Gasteiger partial charge in [-0.15, -0.1) is 0 Å². The monoisotopic (exact) mass is 712 g/mol. The summed E-state index contributed by atoms with van der Waals surface area (Å²) in [5.74, 6) is 0. The first-order chi connectivity index (χ1) is 27.8. The van der Waals surface area contributed by atoms with E-state index >= 15 is 0 Å². The van der Waals surface area contributed by atoms with Crippen molar-refractivity contribution in [2.24, 2.45) is 0 Å². The van der Waals surface area contributed by atoms with Crippen molar-refractivity contribution in [1.82, 2.24) is 4.57 Å². The second-order valence-corrected chi connectivity index (χ2v) is 14.6. The van der Waals surface area contributed by atoms with E-state index < -0.39 is 0 Å². The SMILES string of the molecule is c1ccc(-c2ccc(N(c3ccc4ccccc4c3)c3cc4ccccc4c4c3c3cc(-c5ccc6ccccc6c5)ccc3n4-c3ccccc3)cc2)cc1. The highest BCUT2D eigenvalue weighted by Crippen LogP contribution is 2.48. The number of fused-ring (bicyclic) bond motifs is 7. The number of rotatable bonds is 6. The largest absolute Gasteiger partial charge is 0.310 e. The van der Waals surface area contributed by atoms with Crippen LogP contribution in [0.3, 0.4) is 0 Å². The quantitative estimate of drug-likeness (QED) is 0.167. The van der Waals surface area contributed by atoms with Crippen LogP contribution in [-0.4, -0.2) is 4.57 Å². The Labute approximate surface area is 325 Å². The number of hydrogen-bond donors (Lipinski definition) is 0. The summed E-state index contributed by atoms with van der Waals surface area (Å²) in [7, 11) is 0. The predicted molar refractivity (Wildman–Crippen MR) is 239 cm³/mol. The molecule has 2 heteroatoms. The zero-order valence-corrected chi connectivity index (χ0v) is 30.7. The third-order valence-corrected chi connectivity index (χ3v) is 11.3. The average molecular weight is 713 g/mol. The minimum Gasteiger partial charge on any atom is -0.310 e. The van der Waals surface area contributed by atoms with Crippen molar-refractivity contribution in [3.63, 3.8) is 0 Å². The van der Waals surface area contributed by atoms with Crippen molar-refractivity contribution < 1.29 is 0 Å². The molecule has 0 unspecified atom stereocenters. The number of anilines is 3. The van der Waals surface area contributed by atoms with Crippen molar-refractivity contribution in [2.75, 3.05) is 4.90 Å². The van der Waals surface area contributed by atoms with E-state index in [0.717, 1.165) is 22.7 Å². The highest BCUT2D eigenvalue weighted by molar-refractivity contribution is 6.25. The third-order valence-electron chi connectivity index (χ3n) is 11.3. The molecule has 262 valence electrons. The molecule has 0 aliphatic rings. The molecule has 0 aliphatic heterocycles. The molecule has 10 aromatic carbocycles. The van der Waals surface area contributed by atoms with Crippen LogP contribution in [0.25, 0.3) is 82.1 Å². The Morgan fingerprint density at radius 1 is 0.321 bits per heavy atom. The zero-order chi connectivity index (χ0) is 37.0. The number of aromatic nitrogens is 1. The van der Waals surface area contributed by atoms with Gasteiger partial charge in [0, 0.05) is 33.2 Å². The first-order valence-electron chi connectivity index (χ1n) is 19.3. The van der Waals surface area contributed by atoms with Gasteiger partial charge in [0.15, 0.2) is 0 Å². The Balaban J connectivity index is 1.25. The van der Waals surface area contributed by atoms with Gasteiger partial charge in [-0.1, -0.05) is 158 Å². The van der Waals surface area contributed by atoms with Crippen LogP contribution in [0.15, 0.2) is 218 Å². The molecule has 0 amide bonds. The fraction of sp³-hybridized carbons (Fsp3) is 0. The summed E-state index contributed by atoms with van der Waals surface area (Å²) in [6, 6.07) is 79.7. The fourth-order valence-corrected chi connectivity index (χ4v) is 8.61. The lowest BCUT2D eigenvalue weighted by Gasteiger charge is -2.28. The van der Waals surface area contributed by atoms with Crippen LogP contribution in [0.2, 0.25) is 0 Å². The van der Waals surface area contributed by atoms with Crippen LogP contribution >= 0.6 is 0 Å². The minimum atomic E-state index is 1.10. The molecule has 0 saturated heterocycles. The third kappa shape index (κ3) is 5.34. The van der Waals surface area contributed by atoms with E-state index in [1.54, 1.807) is 0 Å². The first kappa shape index (κ1) is 32.0. The van der Waals surface area contributed by atoms with E-state index in [-0.39, 0.29) is 0 Å². The maximum Gasteiger partial charge on any atom is 0.0640 e. The fourth-order valence-electron chi connectivity index (χ4n) is 8.61. The number of hydrogen-bond acceptors (Lipinski definition) is 1. The lowest BCUT2D eigenvalue weighted by molar-refractivity contribution is 1.19. The summed E-state index contributed by atoms with van der Waals surface area (Å²) in [5.41, 5.74) is 11.6. The van der Waals surface area contributed by atoms with Gasteiger partial charge in [-0.2, -0.15) is 0 Å². The Morgan fingerprint density at radius 3 is 1.61 bits per heavy atom. The normalized spacial score (nSPS) is 11.6. The molecular formula is C54H36N2. The lowest BCUT2D eigenvalue weighted by atomic mass is 9.97. The van der Waals surface area contributed by atoms with Gasteiger partial charge in [0.2, 0.25) is 0 Å². The Bertz CT molecular complexity index is 3230. The smallest absolute Gasteiger partial charge is 0.0640 e. The van der Waals surface area contributed by atoms with Gasteiger partial charge in [-0.05, 0) is 110 Å². The van der Waals surface area contributed by atoms with Gasteiger partial charge in [0.25, 0.3) is 0 Å². The summed E-state index contributed by atoms with van der Waals surface area (Å²) in [6.07, 6.45) is 0. The number of nitrogens with zero attached hydrogens (tertiary/aromatic N) is 2. The highest BCUT2D eigenvalue weighted by atomic mass is 15.1. The van der Waals surface area contributed by atoms with Crippen LogP contribution in [0.1, 0.15) is 0 Å². The van der Waals surface area contributed by atoms with Crippen molar-refractivity contribution in [3.8, 4) is 27.9 Å². The summed E-state index contributed by atoms with van der Waals surface area (Å²) in [5, 5.41) is 9.75. The van der Waals surface area contributed by atoms with E-state index in [2.05, 4.69) is 228 Å². The molecule has 11 aromatic rings. The molecular weight excluding hydrogens is 677 g/mol. The summed E-state index contributed by atoms with van der Waals surface area (Å²) in [4.78, 5) is 2.47. The second kappa shape index (κ2) is 13.2. The second-order valence-electron chi connectivity index (χ2n) is 14.6. The van der Waals surface area contributed by atoms with Gasteiger partial charge < -0.3 is 9.47 Å². The summed E-state index contributed by atoms with van der Waals surface area (Å²) in [6.45, 7) is 0. The van der Waals surface area contributed by atoms with Gasteiger partial charge in [-0.3, -0.25) is 0 Å². The van der Waals surface area contributed by atoms with E-state index in [1.807, 2.05) is 0 Å². The molecule has 0 spiro atoms. The van der Waals surface area contributed by atoms with Crippen LogP contribution in [0.5, 0.6) is 0 Å². The molecule has 0 bridgehead atoms. The molecule has 1 heterocycles. The average Bonchev–Trinajstić information content (AvgIpc) is 3.62. The molecule has 11 rings (SSSR count). The maximum absolute atomic E-state index is 2.47. The molecule has 0 aliphatic carbocycles. The van der Waals surface area contributed by atoms with E-state index in [9.17, 15) is 0 Å². The van der Waals surface area contributed by atoms with E-state index in [0.29, 0.717) is 0 Å². The van der Waals surface area contributed by atoms with Gasteiger partial charge in [-0.25, -0.2) is 0 Å². The summed E-state index contributed by atoms with van der Waals surface area (Å²) >= 11 is 0. The molecule has 0 atom stereocenters. The van der Waals surface area contributed by atoms with Crippen molar-refractivity contribution >= 4 is 71.2 Å². The maximum atomic E-state index is 2.47. The molecule has 0 N–H and O–H groups in total. The van der Waals surface area contributed by atoms with E-state index in [4.69, 9.17) is 0 Å². The minimum absolute atomic E-state index is 1.10. The molecule has 0 fully saturated rings. The van der Waals surface area contributed by atoms with Gasteiger partial charge in [0.1, 0.15) is 0 Å². The highest BCUT2D eigenvalue weighted by Gasteiger charge is 2.24. The number of para-hydroxylation sites is 1. The topological polar surface area (TPSA) is 8.17 Å². The summed E-state index contributed by atoms with van der Waals surface area (Å²) < 4.78 is 2.47. The van der Waals surface area contributed by atoms with Gasteiger partial charge in [0.05, 0.1) is 16.7 Å². The van der Waals surface area contributed by atoms with Crippen LogP contribution in [0, 0.1) is 0 Å². The Kier molecular flexibility index (Phi) is 7.53. The zero-order valence-electron chi connectivity index (χ0n) is 30.7. The van der Waals surface area contributed by atoms with E-state index in [1.165, 1.54) is 76.4 Å². The molecule has 56 heavy (non-hydrogen) atoms. The lowest BCUT2D eigenvalue weighted by Crippen LogP contribution is -2.10. The van der Waals surface area contributed by atoms with Crippen molar-refractivity contribution in [1.29, 1.82) is 0 Å². The number of benzene rings is 10. The van der Waals surface area contributed by atoms with Gasteiger partial charge >= 0.3 is 0 Å². The predicted octanol–water partition coefficient (Wildman–Crippen LogP) is 15.0.